The number of carbonyl (C=O) groups is 1. The molecule has 158 valence electrons. The van der Waals surface area contributed by atoms with E-state index in [2.05, 4.69) is 5.32 Å². The lowest BCUT2D eigenvalue weighted by Crippen LogP contribution is -2.39. The summed E-state index contributed by atoms with van der Waals surface area (Å²) in [5.74, 6) is 1.09. The number of benzene rings is 2. The molecule has 2 aromatic carbocycles. The zero-order valence-electron chi connectivity index (χ0n) is 17.2. The molecule has 1 N–H and O–H groups in total. The Balaban J connectivity index is 1.75. The van der Waals surface area contributed by atoms with Crippen molar-refractivity contribution in [2.75, 3.05) is 26.5 Å². The van der Waals surface area contributed by atoms with E-state index in [1.165, 1.54) is 11.4 Å². The summed E-state index contributed by atoms with van der Waals surface area (Å²) in [5, 5.41) is 2.83. The molecule has 1 unspecified atom stereocenters. The van der Waals surface area contributed by atoms with E-state index in [4.69, 9.17) is 9.47 Å². The standard InChI is InChI=1S/C21H28N2O5S/c1-16-7-5-6-8-20(16)28-14-17(2)22-21(24)15-27-19-11-9-18(10-12-19)13-23(3)29(4,25)26/h5-12,17H,13-15H2,1-4H3,(H,22,24). The van der Waals surface area contributed by atoms with Crippen LogP contribution in [0.3, 0.4) is 0 Å². The Labute approximate surface area is 172 Å². The van der Waals surface area contributed by atoms with Crippen LogP contribution in [-0.2, 0) is 21.4 Å². The van der Waals surface area contributed by atoms with Crippen molar-refractivity contribution >= 4 is 15.9 Å². The van der Waals surface area contributed by atoms with Crippen LogP contribution in [0.2, 0.25) is 0 Å². The van der Waals surface area contributed by atoms with Crippen LogP contribution in [0.25, 0.3) is 0 Å². The van der Waals surface area contributed by atoms with Gasteiger partial charge >= 0.3 is 0 Å². The van der Waals surface area contributed by atoms with Crippen LogP contribution in [0.1, 0.15) is 18.1 Å². The molecule has 1 atom stereocenters. The lowest BCUT2D eigenvalue weighted by atomic mass is 10.2. The Kier molecular flexibility index (Phi) is 8.04. The van der Waals surface area contributed by atoms with Gasteiger partial charge in [-0.05, 0) is 43.2 Å². The molecule has 0 aliphatic heterocycles. The molecule has 29 heavy (non-hydrogen) atoms. The SMILES string of the molecule is Cc1ccccc1OCC(C)NC(=O)COc1ccc(CN(C)S(C)(=O)=O)cc1. The van der Waals surface area contributed by atoms with Crippen molar-refractivity contribution in [1.82, 2.24) is 9.62 Å². The molecular formula is C21H28N2O5S. The van der Waals surface area contributed by atoms with Crippen LogP contribution in [0.5, 0.6) is 11.5 Å². The maximum Gasteiger partial charge on any atom is 0.258 e. The van der Waals surface area contributed by atoms with Crippen molar-refractivity contribution in [3.8, 4) is 11.5 Å². The van der Waals surface area contributed by atoms with Gasteiger partial charge in [0.05, 0.1) is 12.3 Å². The van der Waals surface area contributed by atoms with E-state index in [9.17, 15) is 13.2 Å². The van der Waals surface area contributed by atoms with Gasteiger partial charge in [-0.3, -0.25) is 4.79 Å². The van der Waals surface area contributed by atoms with Crippen LogP contribution >= 0.6 is 0 Å². The molecule has 2 rings (SSSR count). The van der Waals surface area contributed by atoms with Crippen LogP contribution in [0.4, 0.5) is 0 Å². The van der Waals surface area contributed by atoms with E-state index in [1.807, 2.05) is 38.1 Å². The third kappa shape index (κ3) is 7.75. The highest BCUT2D eigenvalue weighted by atomic mass is 32.2. The van der Waals surface area contributed by atoms with Crippen molar-refractivity contribution in [2.45, 2.75) is 26.4 Å². The predicted octanol–water partition coefficient (Wildman–Crippen LogP) is 2.35. The number of amides is 1. The van der Waals surface area contributed by atoms with Crippen LogP contribution in [-0.4, -0.2) is 51.2 Å². The van der Waals surface area contributed by atoms with Crippen molar-refractivity contribution in [3.63, 3.8) is 0 Å². The number of ether oxygens (including phenoxy) is 2. The van der Waals surface area contributed by atoms with Gasteiger partial charge in [0.25, 0.3) is 5.91 Å². The normalized spacial score (nSPS) is 12.4. The number of aryl methyl sites for hydroxylation is 1. The number of nitrogens with zero attached hydrogens (tertiary/aromatic N) is 1. The highest BCUT2D eigenvalue weighted by Crippen LogP contribution is 2.16. The summed E-state index contributed by atoms with van der Waals surface area (Å²) in [5.41, 5.74) is 1.87. The fourth-order valence-electron chi connectivity index (χ4n) is 2.51. The number of hydrogen-bond acceptors (Lipinski definition) is 5. The van der Waals surface area contributed by atoms with E-state index in [1.54, 1.807) is 24.3 Å². The maximum absolute atomic E-state index is 12.1. The fraction of sp³-hybridized carbons (Fsp3) is 0.381. The monoisotopic (exact) mass is 420 g/mol. The van der Waals surface area contributed by atoms with Crippen LogP contribution < -0.4 is 14.8 Å². The molecule has 2 aromatic rings. The molecule has 0 radical (unpaired) electrons. The Bertz CT molecular complexity index is 913. The number of hydrogen-bond donors (Lipinski definition) is 1. The maximum atomic E-state index is 12.1. The number of rotatable bonds is 10. The van der Waals surface area contributed by atoms with E-state index < -0.39 is 10.0 Å². The molecular weight excluding hydrogens is 392 g/mol. The molecule has 0 spiro atoms. The highest BCUT2D eigenvalue weighted by molar-refractivity contribution is 7.88. The lowest BCUT2D eigenvalue weighted by molar-refractivity contribution is -0.123. The average Bonchev–Trinajstić information content (AvgIpc) is 2.66. The molecule has 1 amide bonds. The summed E-state index contributed by atoms with van der Waals surface area (Å²) in [6, 6.07) is 14.5. The Hall–Kier alpha value is -2.58. The van der Waals surface area contributed by atoms with Gasteiger partial charge in [-0.25, -0.2) is 12.7 Å². The molecule has 8 heteroatoms. The van der Waals surface area contributed by atoms with Gasteiger partial charge < -0.3 is 14.8 Å². The zero-order valence-corrected chi connectivity index (χ0v) is 18.0. The molecule has 0 aromatic heterocycles. The van der Waals surface area contributed by atoms with E-state index in [0.717, 1.165) is 23.1 Å². The summed E-state index contributed by atoms with van der Waals surface area (Å²) >= 11 is 0. The first-order chi connectivity index (χ1) is 13.6. The van der Waals surface area contributed by atoms with Gasteiger partial charge in [-0.15, -0.1) is 0 Å². The van der Waals surface area contributed by atoms with Crippen LogP contribution in [0.15, 0.2) is 48.5 Å². The minimum atomic E-state index is -3.23. The average molecular weight is 421 g/mol. The minimum absolute atomic E-state index is 0.114. The quantitative estimate of drug-likeness (QED) is 0.638. The fourth-order valence-corrected chi connectivity index (χ4v) is 2.89. The summed E-state index contributed by atoms with van der Waals surface area (Å²) < 4.78 is 35.4. The van der Waals surface area contributed by atoms with Crippen molar-refractivity contribution in [1.29, 1.82) is 0 Å². The van der Waals surface area contributed by atoms with E-state index in [-0.39, 0.29) is 25.1 Å². The van der Waals surface area contributed by atoms with E-state index >= 15 is 0 Å². The van der Waals surface area contributed by atoms with Gasteiger partial charge in [0, 0.05) is 13.6 Å². The zero-order chi connectivity index (χ0) is 21.4. The van der Waals surface area contributed by atoms with Crippen LogP contribution in [0, 0.1) is 6.92 Å². The Morgan fingerprint density at radius 3 is 2.38 bits per heavy atom. The molecule has 0 bridgehead atoms. The highest BCUT2D eigenvalue weighted by Gasteiger charge is 2.12. The Morgan fingerprint density at radius 1 is 1.10 bits per heavy atom. The van der Waals surface area contributed by atoms with Crippen molar-refractivity contribution in [3.05, 3.63) is 59.7 Å². The van der Waals surface area contributed by atoms with Gasteiger partial charge in [0.2, 0.25) is 10.0 Å². The topological polar surface area (TPSA) is 84.9 Å². The molecule has 0 saturated heterocycles. The minimum Gasteiger partial charge on any atom is -0.491 e. The van der Waals surface area contributed by atoms with Gasteiger partial charge in [-0.2, -0.15) is 0 Å². The number of carbonyl (C=O) groups excluding carboxylic acids is 1. The second-order valence-corrected chi connectivity index (χ2v) is 9.09. The molecule has 7 nitrogen and oxygen atoms in total. The Morgan fingerprint density at radius 2 is 1.76 bits per heavy atom. The van der Waals surface area contributed by atoms with E-state index in [0.29, 0.717) is 12.4 Å². The van der Waals surface area contributed by atoms with Gasteiger partial charge in [0.1, 0.15) is 18.1 Å². The first kappa shape index (κ1) is 22.7. The molecule has 0 fully saturated rings. The second kappa shape index (κ2) is 10.3. The van der Waals surface area contributed by atoms with Gasteiger partial charge in [-0.1, -0.05) is 30.3 Å². The smallest absolute Gasteiger partial charge is 0.258 e. The van der Waals surface area contributed by atoms with Crippen molar-refractivity contribution < 1.29 is 22.7 Å². The summed E-state index contributed by atoms with van der Waals surface area (Å²) in [4.78, 5) is 12.1. The third-order valence-corrected chi connectivity index (χ3v) is 5.52. The van der Waals surface area contributed by atoms with Gasteiger partial charge in [0.15, 0.2) is 6.61 Å². The lowest BCUT2D eigenvalue weighted by Gasteiger charge is -2.16. The summed E-state index contributed by atoms with van der Waals surface area (Å²) in [6.07, 6.45) is 1.16. The second-order valence-electron chi connectivity index (χ2n) is 7.00. The predicted molar refractivity (Wildman–Crippen MR) is 113 cm³/mol. The third-order valence-electron chi connectivity index (χ3n) is 4.25. The molecule has 0 saturated carbocycles. The largest absolute Gasteiger partial charge is 0.491 e. The van der Waals surface area contributed by atoms with Crippen molar-refractivity contribution in [2.24, 2.45) is 0 Å². The first-order valence-corrected chi connectivity index (χ1v) is 11.1. The molecule has 0 aliphatic rings. The number of nitrogens with one attached hydrogen (secondary N) is 1. The molecule has 0 aliphatic carbocycles. The number of para-hydroxylation sites is 1. The summed E-state index contributed by atoms with van der Waals surface area (Å²) in [6.45, 7) is 4.36. The first-order valence-electron chi connectivity index (χ1n) is 9.26. The summed E-state index contributed by atoms with van der Waals surface area (Å²) in [7, 11) is -1.71. The molecule has 0 heterocycles. The number of sulfonamides is 1.